The molecule has 2 nitrogen and oxygen atoms in total. The van der Waals surface area contributed by atoms with Crippen LogP contribution < -0.4 is 0 Å². The molecule has 0 N–H and O–H groups in total. The van der Waals surface area contributed by atoms with Crippen molar-refractivity contribution in [2.75, 3.05) is 0 Å². The number of hydrogen-bond acceptors (Lipinski definition) is 2. The fourth-order valence-corrected chi connectivity index (χ4v) is 4.93. The lowest BCUT2D eigenvalue weighted by Gasteiger charge is -2.28. The van der Waals surface area contributed by atoms with Crippen molar-refractivity contribution in [1.29, 1.82) is 0 Å². The van der Waals surface area contributed by atoms with E-state index in [0.717, 1.165) is 33.2 Å². The first-order chi connectivity index (χ1) is 15.3. The van der Waals surface area contributed by atoms with Crippen LogP contribution in [0.15, 0.2) is 84.9 Å². The molecule has 5 aromatic rings. The lowest BCUT2D eigenvalue weighted by molar-refractivity contribution is 0.617. The van der Waals surface area contributed by atoms with Crippen LogP contribution in [-0.2, 0) is 10.8 Å². The van der Waals surface area contributed by atoms with Crippen molar-refractivity contribution < 1.29 is 0 Å². The summed E-state index contributed by atoms with van der Waals surface area (Å²) in [6.07, 6.45) is 0. The summed E-state index contributed by atoms with van der Waals surface area (Å²) in [5, 5.41) is 2.25. The Morgan fingerprint density at radius 1 is 0.500 bits per heavy atom. The molecule has 32 heavy (non-hydrogen) atoms. The maximum absolute atomic E-state index is 5.21. The van der Waals surface area contributed by atoms with Crippen molar-refractivity contribution in [2.24, 2.45) is 0 Å². The molecule has 0 amide bonds. The van der Waals surface area contributed by atoms with E-state index in [-0.39, 0.29) is 10.8 Å². The van der Waals surface area contributed by atoms with Crippen molar-refractivity contribution in [2.45, 2.75) is 38.5 Å². The molecule has 0 spiro atoms. The maximum Gasteiger partial charge on any atom is 0.0968 e. The molecule has 1 aliphatic heterocycles. The van der Waals surface area contributed by atoms with Crippen LogP contribution in [0.3, 0.4) is 0 Å². The van der Waals surface area contributed by atoms with E-state index in [1.54, 1.807) is 0 Å². The standard InChI is InChI=1S/C30H26N2/c1-29(2)23-9-5-7-21(17-23)22-8-6-10-24(18-22)30(3,4)26-16-14-20-12-11-19-13-15-25(29)31-27(19)28(20)32-26/h5-18H,1-4H3. The van der Waals surface area contributed by atoms with Gasteiger partial charge in [-0.1, -0.05) is 100 Å². The maximum atomic E-state index is 5.21. The number of benzene rings is 3. The van der Waals surface area contributed by atoms with E-state index in [1.807, 2.05) is 0 Å². The van der Waals surface area contributed by atoms with Gasteiger partial charge in [-0.3, -0.25) is 0 Å². The van der Waals surface area contributed by atoms with E-state index in [0.29, 0.717) is 0 Å². The Morgan fingerprint density at radius 3 is 1.34 bits per heavy atom. The number of rotatable bonds is 0. The second-order valence-electron chi connectivity index (χ2n) is 10.0. The first-order valence-corrected chi connectivity index (χ1v) is 11.3. The van der Waals surface area contributed by atoms with Crippen molar-refractivity contribution in [3.05, 3.63) is 107 Å². The minimum Gasteiger partial charge on any atom is -0.250 e. The highest BCUT2D eigenvalue weighted by molar-refractivity contribution is 6.02. The molecule has 0 aliphatic carbocycles. The number of nitrogens with zero attached hydrogens (tertiary/aromatic N) is 2. The van der Waals surface area contributed by atoms with Crippen molar-refractivity contribution >= 4 is 21.8 Å². The summed E-state index contributed by atoms with van der Waals surface area (Å²) in [5.74, 6) is 0. The first-order valence-electron chi connectivity index (χ1n) is 11.3. The smallest absolute Gasteiger partial charge is 0.0968 e. The second-order valence-corrected chi connectivity index (χ2v) is 10.0. The second kappa shape index (κ2) is 6.49. The van der Waals surface area contributed by atoms with E-state index in [4.69, 9.17) is 9.97 Å². The van der Waals surface area contributed by atoms with E-state index >= 15 is 0 Å². The number of hydrogen-bond donors (Lipinski definition) is 0. The molecule has 0 saturated carbocycles. The fraction of sp³-hybridized carbons (Fsp3) is 0.200. The van der Waals surface area contributed by atoms with Crippen molar-refractivity contribution in [3.8, 4) is 11.1 Å². The lowest BCUT2D eigenvalue weighted by Crippen LogP contribution is -2.22. The molecule has 0 fully saturated rings. The third-order valence-corrected chi connectivity index (χ3v) is 7.30. The van der Waals surface area contributed by atoms with Crippen molar-refractivity contribution in [1.82, 2.24) is 9.97 Å². The van der Waals surface area contributed by atoms with Gasteiger partial charge in [0.1, 0.15) is 0 Å². The predicted molar refractivity (Wildman–Crippen MR) is 133 cm³/mol. The van der Waals surface area contributed by atoms with Gasteiger partial charge in [-0.15, -0.1) is 0 Å². The van der Waals surface area contributed by atoms with Gasteiger partial charge in [0.2, 0.25) is 0 Å². The normalized spacial score (nSPS) is 16.0. The van der Waals surface area contributed by atoms with Gasteiger partial charge >= 0.3 is 0 Å². The van der Waals surface area contributed by atoms with E-state index in [1.165, 1.54) is 22.3 Å². The lowest BCUT2D eigenvalue weighted by atomic mass is 9.78. The van der Waals surface area contributed by atoms with Crippen LogP contribution in [0.1, 0.15) is 50.2 Å². The van der Waals surface area contributed by atoms with Crippen LogP contribution in [0, 0.1) is 0 Å². The van der Waals surface area contributed by atoms with Crippen LogP contribution in [0.25, 0.3) is 32.9 Å². The fourth-order valence-electron chi connectivity index (χ4n) is 4.93. The van der Waals surface area contributed by atoms with Gasteiger partial charge in [0.25, 0.3) is 0 Å². The molecule has 0 radical (unpaired) electrons. The molecule has 3 heterocycles. The van der Waals surface area contributed by atoms with Gasteiger partial charge < -0.3 is 0 Å². The molecule has 6 rings (SSSR count). The summed E-state index contributed by atoms with van der Waals surface area (Å²) in [6, 6.07) is 30.8. The van der Waals surface area contributed by atoms with Gasteiger partial charge in [-0.05, 0) is 34.4 Å². The van der Waals surface area contributed by atoms with Crippen LogP contribution in [0.5, 0.6) is 0 Å². The van der Waals surface area contributed by atoms with Crippen LogP contribution in [-0.4, -0.2) is 9.97 Å². The quantitative estimate of drug-likeness (QED) is 0.246. The highest BCUT2D eigenvalue weighted by Gasteiger charge is 2.28. The molecule has 2 heteroatoms. The molecule has 156 valence electrons. The molecule has 2 aromatic heterocycles. The zero-order valence-electron chi connectivity index (χ0n) is 19.0. The third kappa shape index (κ3) is 2.72. The van der Waals surface area contributed by atoms with Crippen LogP contribution >= 0.6 is 0 Å². The molecule has 0 atom stereocenters. The van der Waals surface area contributed by atoms with Crippen LogP contribution in [0.2, 0.25) is 0 Å². The zero-order chi connectivity index (χ0) is 22.1. The van der Waals surface area contributed by atoms with Crippen molar-refractivity contribution in [3.63, 3.8) is 0 Å². The number of pyridine rings is 2. The Balaban J connectivity index is 1.78. The molecule has 3 aromatic carbocycles. The van der Waals surface area contributed by atoms with E-state index in [2.05, 4.69) is 113 Å². The van der Waals surface area contributed by atoms with Gasteiger partial charge in [0.15, 0.2) is 0 Å². The van der Waals surface area contributed by atoms with Gasteiger partial charge in [-0.25, -0.2) is 9.97 Å². The average molecular weight is 415 g/mol. The third-order valence-electron chi connectivity index (χ3n) is 7.30. The Bertz CT molecular complexity index is 1410. The van der Waals surface area contributed by atoms with E-state index in [9.17, 15) is 0 Å². The molecule has 8 bridgehead atoms. The van der Waals surface area contributed by atoms with Gasteiger partial charge in [-0.2, -0.15) is 0 Å². The van der Waals surface area contributed by atoms with Crippen LogP contribution in [0.4, 0.5) is 0 Å². The summed E-state index contributed by atoms with van der Waals surface area (Å²) >= 11 is 0. The Hall–Kier alpha value is -3.52. The molecule has 1 aliphatic rings. The Morgan fingerprint density at radius 2 is 0.906 bits per heavy atom. The van der Waals surface area contributed by atoms with Gasteiger partial charge in [0.05, 0.1) is 22.4 Å². The summed E-state index contributed by atoms with van der Waals surface area (Å²) in [6.45, 7) is 9.04. The SMILES string of the molecule is CC1(C)c2cccc(c2)-c2cccc(c2)C(C)(C)c2ccc3ccc4ccc1nc4c3n2. The number of fused-ring (bicyclic) bond motifs is 7. The summed E-state index contributed by atoms with van der Waals surface area (Å²) in [4.78, 5) is 10.4. The molecule has 0 saturated heterocycles. The largest absolute Gasteiger partial charge is 0.250 e. The summed E-state index contributed by atoms with van der Waals surface area (Å²) in [5.41, 5.74) is 8.61. The minimum absolute atomic E-state index is 0.231. The summed E-state index contributed by atoms with van der Waals surface area (Å²) < 4.78 is 0. The molecular weight excluding hydrogens is 388 g/mol. The molecular formula is C30H26N2. The van der Waals surface area contributed by atoms with Gasteiger partial charge in [0, 0.05) is 21.6 Å². The minimum atomic E-state index is -0.231. The predicted octanol–water partition coefficient (Wildman–Crippen LogP) is 7.42. The van der Waals surface area contributed by atoms with E-state index < -0.39 is 0 Å². The Kier molecular flexibility index (Phi) is 3.89. The molecule has 0 unspecified atom stereocenters. The average Bonchev–Trinajstić information content (AvgIpc) is 2.83. The highest BCUT2D eigenvalue weighted by atomic mass is 14.8. The monoisotopic (exact) mass is 414 g/mol. The summed E-state index contributed by atoms with van der Waals surface area (Å²) in [7, 11) is 0. The highest BCUT2D eigenvalue weighted by Crippen LogP contribution is 2.38. The topological polar surface area (TPSA) is 25.8 Å². The Labute approximate surface area is 189 Å². The zero-order valence-corrected chi connectivity index (χ0v) is 19.0. The first kappa shape index (κ1) is 19.2. The number of aromatic nitrogens is 2.